The number of nitrogens with zero attached hydrogens (tertiary/aromatic N) is 2. The molecule has 1 unspecified atom stereocenters. The smallest absolute Gasteiger partial charge is 0.335 e. The number of ether oxygens (including phenoxy) is 1. The number of carboxylic acids is 1. The molecule has 0 saturated heterocycles. The number of esters is 1. The number of aromatic hydroxyl groups is 1. The monoisotopic (exact) mass is 456 g/mol. The van der Waals surface area contributed by atoms with Crippen molar-refractivity contribution in [2.24, 2.45) is 4.99 Å². The second-order valence-corrected chi connectivity index (χ2v) is 8.17. The molecule has 3 aromatic rings. The molecular weight excluding hydrogens is 436 g/mol. The zero-order valence-corrected chi connectivity index (χ0v) is 18.2. The van der Waals surface area contributed by atoms with Gasteiger partial charge in [0.05, 0.1) is 24.1 Å². The summed E-state index contributed by atoms with van der Waals surface area (Å²) in [5, 5.41) is 19.8. The average Bonchev–Trinajstić information content (AvgIpc) is 3.04. The van der Waals surface area contributed by atoms with Crippen LogP contribution in [0, 0.1) is 3.95 Å². The highest BCUT2D eigenvalue weighted by Crippen LogP contribution is 2.31. The number of aromatic carboxylic acids is 1. The molecule has 0 amide bonds. The normalized spacial score (nSPS) is 12.0. The number of benzene rings is 2. The Labute approximate surface area is 187 Å². The highest BCUT2D eigenvalue weighted by atomic mass is 32.1. The third-order valence-corrected chi connectivity index (χ3v) is 5.76. The molecule has 0 spiro atoms. The minimum absolute atomic E-state index is 0.154. The number of thiazole rings is 1. The van der Waals surface area contributed by atoms with E-state index in [-0.39, 0.29) is 18.1 Å². The van der Waals surface area contributed by atoms with Gasteiger partial charge in [0.15, 0.2) is 3.95 Å². The van der Waals surface area contributed by atoms with Crippen LogP contribution < -0.4 is 0 Å². The van der Waals surface area contributed by atoms with Gasteiger partial charge in [0.1, 0.15) is 10.9 Å². The average molecular weight is 457 g/mol. The zero-order valence-electron chi connectivity index (χ0n) is 16.6. The Bertz CT molecular complexity index is 1150. The summed E-state index contributed by atoms with van der Waals surface area (Å²) in [5.74, 6) is -1.68. The Hall–Kier alpha value is -3.30. The molecule has 0 fully saturated rings. The minimum Gasteiger partial charge on any atom is -0.493 e. The predicted molar refractivity (Wildman–Crippen MR) is 121 cm³/mol. The lowest BCUT2D eigenvalue weighted by Gasteiger charge is -2.18. The molecule has 7 nitrogen and oxygen atoms in total. The fourth-order valence-electron chi connectivity index (χ4n) is 2.93. The maximum absolute atomic E-state index is 12.7. The van der Waals surface area contributed by atoms with E-state index in [1.54, 1.807) is 19.1 Å². The molecule has 0 aliphatic carbocycles. The maximum Gasteiger partial charge on any atom is 0.335 e. The number of aromatic nitrogens is 1. The molecule has 0 bridgehead atoms. The van der Waals surface area contributed by atoms with E-state index in [4.69, 9.17) is 22.1 Å². The van der Waals surface area contributed by atoms with Crippen LogP contribution in [-0.2, 0) is 16.0 Å². The van der Waals surface area contributed by atoms with Crippen molar-refractivity contribution in [2.45, 2.75) is 19.4 Å². The van der Waals surface area contributed by atoms with Crippen LogP contribution in [0.4, 0.5) is 5.69 Å². The molecule has 0 saturated carbocycles. The van der Waals surface area contributed by atoms with E-state index in [1.807, 2.05) is 30.3 Å². The maximum atomic E-state index is 12.7. The molecule has 0 aliphatic heterocycles. The summed E-state index contributed by atoms with van der Waals surface area (Å²) in [7, 11) is 0. The minimum atomic E-state index is -1.02. The van der Waals surface area contributed by atoms with E-state index in [2.05, 4.69) is 4.99 Å². The van der Waals surface area contributed by atoms with Crippen LogP contribution in [0.25, 0.3) is 0 Å². The lowest BCUT2D eigenvalue weighted by molar-refractivity contribution is -0.147. The molecule has 1 heterocycles. The Morgan fingerprint density at radius 3 is 2.48 bits per heavy atom. The van der Waals surface area contributed by atoms with Crippen LogP contribution in [0.3, 0.4) is 0 Å². The van der Waals surface area contributed by atoms with Gasteiger partial charge in [-0.15, -0.1) is 0 Å². The van der Waals surface area contributed by atoms with Gasteiger partial charge in [-0.1, -0.05) is 41.7 Å². The topological polar surface area (TPSA) is 101 Å². The fourth-order valence-corrected chi connectivity index (χ4v) is 4.21. The number of hydrogen-bond donors (Lipinski definition) is 2. The fraction of sp³-hybridized carbons (Fsp3) is 0.182. The number of carboxylic acid groups (broad SMARTS) is 1. The summed E-state index contributed by atoms with van der Waals surface area (Å²) in [4.78, 5) is 28.3. The summed E-state index contributed by atoms with van der Waals surface area (Å²) in [6.07, 6.45) is 1.75. The van der Waals surface area contributed by atoms with Gasteiger partial charge < -0.3 is 14.9 Å². The molecule has 160 valence electrons. The Kier molecular flexibility index (Phi) is 7.32. The molecule has 1 atom stereocenters. The van der Waals surface area contributed by atoms with Crippen molar-refractivity contribution in [1.29, 1.82) is 0 Å². The van der Waals surface area contributed by atoms with Crippen molar-refractivity contribution < 1.29 is 24.5 Å². The summed E-state index contributed by atoms with van der Waals surface area (Å²) in [6, 6.07) is 14.6. The molecule has 1 aromatic heterocycles. The van der Waals surface area contributed by atoms with Crippen molar-refractivity contribution >= 4 is 47.4 Å². The molecule has 0 aliphatic rings. The first kappa shape index (κ1) is 22.4. The summed E-state index contributed by atoms with van der Waals surface area (Å²) in [5.41, 5.74) is 1.57. The van der Waals surface area contributed by atoms with E-state index in [0.29, 0.717) is 20.9 Å². The first-order valence-corrected chi connectivity index (χ1v) is 10.7. The summed E-state index contributed by atoms with van der Waals surface area (Å²) in [6.45, 7) is 1.93. The van der Waals surface area contributed by atoms with Gasteiger partial charge in [0.2, 0.25) is 5.88 Å². The number of hydrogen-bond acceptors (Lipinski definition) is 7. The number of rotatable bonds is 8. The van der Waals surface area contributed by atoms with Crippen LogP contribution in [-0.4, -0.2) is 39.5 Å². The predicted octanol–water partition coefficient (Wildman–Crippen LogP) is 4.78. The van der Waals surface area contributed by atoms with E-state index in [0.717, 1.165) is 16.9 Å². The Morgan fingerprint density at radius 1 is 1.19 bits per heavy atom. The van der Waals surface area contributed by atoms with E-state index in [1.165, 1.54) is 22.9 Å². The van der Waals surface area contributed by atoms with Crippen molar-refractivity contribution in [3.05, 3.63) is 74.6 Å². The van der Waals surface area contributed by atoms with E-state index < -0.39 is 18.0 Å². The lowest BCUT2D eigenvalue weighted by Crippen LogP contribution is -2.24. The third-order valence-electron chi connectivity index (χ3n) is 4.43. The van der Waals surface area contributed by atoms with Crippen LogP contribution >= 0.6 is 23.6 Å². The molecule has 9 heteroatoms. The second kappa shape index (κ2) is 10.1. The van der Waals surface area contributed by atoms with Crippen LogP contribution in [0.1, 0.15) is 33.8 Å². The SMILES string of the molecule is CCOC(=O)C(Cc1ccccc1)n1c(O)c(C=Nc2ccc(C(=O)O)cc2)sc1=S. The van der Waals surface area contributed by atoms with Crippen molar-refractivity contribution in [1.82, 2.24) is 4.57 Å². The number of aliphatic imine (C=N–C) groups is 1. The highest BCUT2D eigenvalue weighted by Gasteiger charge is 2.27. The summed E-state index contributed by atoms with van der Waals surface area (Å²) < 4.78 is 6.92. The Balaban J connectivity index is 1.92. The standard InChI is InChI=1S/C22H20N2O5S2/c1-2-29-21(28)17(12-14-6-4-3-5-7-14)24-19(25)18(31-22(24)30)13-23-16-10-8-15(9-11-16)20(26)27/h3-11,13,17,25H,2,12H2,1H3,(H,26,27). The van der Waals surface area contributed by atoms with Gasteiger partial charge in [0, 0.05) is 6.42 Å². The molecule has 0 radical (unpaired) electrons. The van der Waals surface area contributed by atoms with Crippen LogP contribution in [0.5, 0.6) is 5.88 Å². The van der Waals surface area contributed by atoms with Gasteiger partial charge in [0.25, 0.3) is 0 Å². The highest BCUT2D eigenvalue weighted by molar-refractivity contribution is 7.73. The van der Waals surface area contributed by atoms with Gasteiger partial charge in [-0.25, -0.2) is 9.59 Å². The van der Waals surface area contributed by atoms with Crippen molar-refractivity contribution in [3.63, 3.8) is 0 Å². The molecule has 3 rings (SSSR count). The second-order valence-electron chi connectivity index (χ2n) is 6.49. The molecule has 2 N–H and O–H groups in total. The van der Waals surface area contributed by atoms with Crippen molar-refractivity contribution in [2.75, 3.05) is 6.61 Å². The van der Waals surface area contributed by atoms with Crippen LogP contribution in [0.2, 0.25) is 0 Å². The zero-order chi connectivity index (χ0) is 22.4. The van der Waals surface area contributed by atoms with E-state index >= 15 is 0 Å². The first-order chi connectivity index (χ1) is 14.9. The Morgan fingerprint density at radius 2 is 1.87 bits per heavy atom. The quantitative estimate of drug-likeness (QED) is 0.287. The van der Waals surface area contributed by atoms with E-state index in [9.17, 15) is 14.7 Å². The van der Waals surface area contributed by atoms with Gasteiger partial charge in [-0.05, 0) is 49.0 Å². The summed E-state index contributed by atoms with van der Waals surface area (Å²) >= 11 is 6.54. The molecule has 31 heavy (non-hydrogen) atoms. The first-order valence-electron chi connectivity index (χ1n) is 9.43. The van der Waals surface area contributed by atoms with Gasteiger partial charge in [-0.2, -0.15) is 0 Å². The number of carbonyl (C=O) groups is 2. The largest absolute Gasteiger partial charge is 0.493 e. The molecular formula is C22H20N2O5S2. The third kappa shape index (κ3) is 5.44. The lowest BCUT2D eigenvalue weighted by atomic mass is 10.1. The van der Waals surface area contributed by atoms with Crippen molar-refractivity contribution in [3.8, 4) is 5.88 Å². The van der Waals surface area contributed by atoms with Crippen LogP contribution in [0.15, 0.2) is 59.6 Å². The van der Waals surface area contributed by atoms with Gasteiger partial charge >= 0.3 is 11.9 Å². The number of carbonyl (C=O) groups excluding carboxylic acids is 1. The van der Waals surface area contributed by atoms with Gasteiger partial charge in [-0.3, -0.25) is 9.56 Å². The molecule has 2 aromatic carbocycles.